The van der Waals surface area contributed by atoms with E-state index in [2.05, 4.69) is 5.32 Å². The molecule has 1 aliphatic heterocycles. The molecule has 166 valence electrons. The Balaban J connectivity index is 1.46. The van der Waals surface area contributed by atoms with Crippen molar-refractivity contribution in [3.63, 3.8) is 0 Å². The topological polar surface area (TPSA) is 110 Å². The van der Waals surface area contributed by atoms with Crippen LogP contribution in [0.2, 0.25) is 0 Å². The fourth-order valence-electron chi connectivity index (χ4n) is 4.00. The summed E-state index contributed by atoms with van der Waals surface area (Å²) in [4.78, 5) is 24.1. The van der Waals surface area contributed by atoms with Crippen molar-refractivity contribution in [3.05, 3.63) is 72.3 Å². The van der Waals surface area contributed by atoms with Crippen molar-refractivity contribution in [3.8, 4) is 0 Å². The highest BCUT2D eigenvalue weighted by Gasteiger charge is 2.33. The zero-order valence-corrected chi connectivity index (χ0v) is 18.3. The number of hydrogen-bond acceptors (Lipinski definition) is 4. The van der Waals surface area contributed by atoms with Gasteiger partial charge < -0.3 is 11.1 Å². The molecule has 2 amide bonds. The Labute approximate surface area is 187 Å². The number of piperidine rings is 1. The van der Waals surface area contributed by atoms with Gasteiger partial charge in [-0.3, -0.25) is 9.59 Å². The van der Waals surface area contributed by atoms with E-state index in [9.17, 15) is 18.0 Å². The molecule has 0 radical (unpaired) electrons. The molecule has 1 fully saturated rings. The largest absolute Gasteiger partial charge is 0.369 e. The van der Waals surface area contributed by atoms with E-state index >= 15 is 0 Å². The highest BCUT2D eigenvalue weighted by atomic mass is 32.2. The number of benzene rings is 3. The van der Waals surface area contributed by atoms with Gasteiger partial charge in [0.1, 0.15) is 0 Å². The molecular formula is C24H25N3O4S. The number of hydrogen-bond donors (Lipinski definition) is 2. The van der Waals surface area contributed by atoms with Crippen molar-refractivity contribution in [2.45, 2.75) is 24.2 Å². The van der Waals surface area contributed by atoms with E-state index in [4.69, 9.17) is 5.73 Å². The number of rotatable bonds is 6. The number of fused-ring (bicyclic) bond motifs is 1. The van der Waals surface area contributed by atoms with Crippen LogP contribution in [0, 0.1) is 5.92 Å². The van der Waals surface area contributed by atoms with Crippen molar-refractivity contribution >= 4 is 38.3 Å². The molecular weight excluding hydrogens is 426 g/mol. The van der Waals surface area contributed by atoms with Crippen molar-refractivity contribution in [1.29, 1.82) is 0 Å². The average Bonchev–Trinajstić information content (AvgIpc) is 2.79. The second-order valence-corrected chi connectivity index (χ2v) is 9.98. The first-order chi connectivity index (χ1) is 15.3. The van der Waals surface area contributed by atoms with Crippen LogP contribution >= 0.6 is 0 Å². The lowest BCUT2D eigenvalue weighted by Crippen LogP contribution is -2.43. The molecule has 0 aliphatic carbocycles. The third kappa shape index (κ3) is 4.81. The minimum Gasteiger partial charge on any atom is -0.369 e. The van der Waals surface area contributed by atoms with Gasteiger partial charge in [0.05, 0.1) is 17.2 Å². The molecule has 32 heavy (non-hydrogen) atoms. The van der Waals surface area contributed by atoms with Gasteiger partial charge in [-0.25, -0.2) is 8.42 Å². The maximum absolute atomic E-state index is 13.2. The van der Waals surface area contributed by atoms with Gasteiger partial charge >= 0.3 is 0 Å². The lowest BCUT2D eigenvalue weighted by Gasteiger charge is -2.31. The first-order valence-electron chi connectivity index (χ1n) is 10.5. The second kappa shape index (κ2) is 9.10. The van der Waals surface area contributed by atoms with Crippen molar-refractivity contribution in [2.75, 3.05) is 18.4 Å². The second-order valence-electron chi connectivity index (χ2n) is 8.04. The predicted molar refractivity (Wildman–Crippen MR) is 123 cm³/mol. The summed E-state index contributed by atoms with van der Waals surface area (Å²) in [6.45, 7) is 0.529. The molecule has 0 aromatic heterocycles. The number of sulfonamides is 1. The minimum atomic E-state index is -3.70. The third-order valence-corrected chi connectivity index (χ3v) is 7.57. The summed E-state index contributed by atoms with van der Waals surface area (Å²) in [6.07, 6.45) is 1.37. The summed E-state index contributed by atoms with van der Waals surface area (Å²) in [5.41, 5.74) is 6.56. The Morgan fingerprint density at radius 2 is 1.72 bits per heavy atom. The predicted octanol–water partition coefficient (Wildman–Crippen LogP) is 2.91. The first kappa shape index (κ1) is 22.0. The first-order valence-corrected chi connectivity index (χ1v) is 11.9. The van der Waals surface area contributed by atoms with Crippen molar-refractivity contribution in [1.82, 2.24) is 4.31 Å². The minimum absolute atomic E-state index is 0.137. The number of primary amides is 1. The molecule has 3 aromatic carbocycles. The van der Waals surface area contributed by atoms with Gasteiger partial charge in [-0.05, 0) is 53.4 Å². The van der Waals surface area contributed by atoms with Gasteiger partial charge in [0, 0.05) is 18.8 Å². The molecule has 0 bridgehead atoms. The highest BCUT2D eigenvalue weighted by Crippen LogP contribution is 2.27. The molecule has 7 nitrogen and oxygen atoms in total. The van der Waals surface area contributed by atoms with E-state index in [0.29, 0.717) is 25.1 Å². The summed E-state index contributed by atoms with van der Waals surface area (Å²) in [6, 6.07) is 19.6. The average molecular weight is 452 g/mol. The Morgan fingerprint density at radius 3 is 2.44 bits per heavy atom. The van der Waals surface area contributed by atoms with Gasteiger partial charge in [-0.2, -0.15) is 4.31 Å². The molecule has 0 spiro atoms. The standard InChI is InChI=1S/C24H25N3O4S/c25-23(28)14-17-7-10-21(11-8-17)26-24(29)20-6-3-13-27(16-20)32(30,31)22-12-9-18-4-1-2-5-19(18)15-22/h1-2,4-5,7-12,15,20H,3,6,13-14,16H2,(H2,25,28)(H,26,29). The fourth-order valence-corrected chi connectivity index (χ4v) is 5.56. The number of carbonyl (C=O) groups excluding carboxylic acids is 2. The van der Waals surface area contributed by atoms with E-state index < -0.39 is 21.8 Å². The lowest BCUT2D eigenvalue weighted by atomic mass is 9.98. The van der Waals surface area contributed by atoms with Crippen molar-refractivity contribution in [2.24, 2.45) is 11.7 Å². The molecule has 3 aromatic rings. The zero-order chi connectivity index (χ0) is 22.7. The maximum Gasteiger partial charge on any atom is 0.243 e. The molecule has 1 saturated heterocycles. The molecule has 4 rings (SSSR count). The Bertz CT molecular complexity index is 1260. The van der Waals surface area contributed by atoms with E-state index in [1.165, 1.54) is 4.31 Å². The van der Waals surface area contributed by atoms with Crippen LogP contribution in [0.1, 0.15) is 18.4 Å². The Kier molecular flexibility index (Phi) is 6.25. The normalized spacial score (nSPS) is 17.2. The van der Waals surface area contributed by atoms with E-state index in [-0.39, 0.29) is 23.8 Å². The van der Waals surface area contributed by atoms with Crippen LogP contribution in [0.25, 0.3) is 10.8 Å². The van der Waals surface area contributed by atoms with Gasteiger partial charge in [0.2, 0.25) is 21.8 Å². The number of nitrogens with one attached hydrogen (secondary N) is 1. The smallest absolute Gasteiger partial charge is 0.243 e. The quantitative estimate of drug-likeness (QED) is 0.600. The van der Waals surface area contributed by atoms with Crippen LogP contribution in [0.3, 0.4) is 0 Å². The van der Waals surface area contributed by atoms with Crippen LogP contribution < -0.4 is 11.1 Å². The van der Waals surface area contributed by atoms with Gasteiger partial charge in [-0.1, -0.05) is 42.5 Å². The van der Waals surface area contributed by atoms with Crippen LogP contribution in [-0.2, 0) is 26.0 Å². The van der Waals surface area contributed by atoms with E-state index in [0.717, 1.165) is 16.3 Å². The fraction of sp³-hybridized carbons (Fsp3) is 0.250. The van der Waals surface area contributed by atoms with Gasteiger partial charge in [0.25, 0.3) is 0 Å². The number of anilines is 1. The molecule has 1 heterocycles. The summed E-state index contributed by atoms with van der Waals surface area (Å²) in [5, 5.41) is 4.69. The van der Waals surface area contributed by atoms with Crippen LogP contribution in [-0.4, -0.2) is 37.6 Å². The van der Waals surface area contributed by atoms with Gasteiger partial charge in [-0.15, -0.1) is 0 Å². The number of amides is 2. The monoisotopic (exact) mass is 451 g/mol. The Morgan fingerprint density at radius 1 is 1.00 bits per heavy atom. The lowest BCUT2D eigenvalue weighted by molar-refractivity contribution is -0.121. The molecule has 1 unspecified atom stereocenters. The molecule has 1 atom stereocenters. The summed E-state index contributed by atoms with van der Waals surface area (Å²) in [5.74, 6) is -1.08. The zero-order valence-electron chi connectivity index (χ0n) is 17.5. The highest BCUT2D eigenvalue weighted by molar-refractivity contribution is 7.89. The molecule has 3 N–H and O–H groups in total. The van der Waals surface area contributed by atoms with Crippen LogP contribution in [0.15, 0.2) is 71.6 Å². The SMILES string of the molecule is NC(=O)Cc1ccc(NC(=O)C2CCCN(S(=O)(=O)c3ccc4ccccc4c3)C2)cc1. The van der Waals surface area contributed by atoms with Crippen molar-refractivity contribution < 1.29 is 18.0 Å². The molecule has 0 saturated carbocycles. The third-order valence-electron chi connectivity index (χ3n) is 5.71. The van der Waals surface area contributed by atoms with E-state index in [1.54, 1.807) is 42.5 Å². The number of nitrogens with zero attached hydrogens (tertiary/aromatic N) is 1. The van der Waals surface area contributed by atoms with Crippen LogP contribution in [0.5, 0.6) is 0 Å². The summed E-state index contributed by atoms with van der Waals surface area (Å²) >= 11 is 0. The summed E-state index contributed by atoms with van der Waals surface area (Å²) in [7, 11) is -3.70. The summed E-state index contributed by atoms with van der Waals surface area (Å²) < 4.78 is 27.9. The number of carbonyl (C=O) groups is 2. The Hall–Kier alpha value is -3.23. The van der Waals surface area contributed by atoms with Crippen LogP contribution in [0.4, 0.5) is 5.69 Å². The van der Waals surface area contributed by atoms with E-state index in [1.807, 2.05) is 24.3 Å². The molecule has 1 aliphatic rings. The number of nitrogens with two attached hydrogens (primary N) is 1. The molecule has 8 heteroatoms. The van der Waals surface area contributed by atoms with Gasteiger partial charge in [0.15, 0.2) is 0 Å². The maximum atomic E-state index is 13.2.